The van der Waals surface area contributed by atoms with E-state index in [0.29, 0.717) is 11.5 Å². The molecule has 0 bridgehead atoms. The summed E-state index contributed by atoms with van der Waals surface area (Å²) in [4.78, 5) is 12.0. The smallest absolute Gasteiger partial charge is 0.230 e. The highest BCUT2D eigenvalue weighted by molar-refractivity contribution is 7.80. The second-order valence-electron chi connectivity index (χ2n) is 4.97. The van der Waals surface area contributed by atoms with Gasteiger partial charge in [-0.3, -0.25) is 4.79 Å². The van der Waals surface area contributed by atoms with Gasteiger partial charge < -0.3 is 10.6 Å². The molecule has 4 heteroatoms. The average molecular weight is 298 g/mol. The molecule has 2 rings (SSSR count). The lowest BCUT2D eigenvalue weighted by atomic mass is 10.1. The number of amides is 1. The molecule has 21 heavy (non-hydrogen) atoms. The summed E-state index contributed by atoms with van der Waals surface area (Å²) < 4.78 is 0. The molecular formula is C17H18N2OS. The lowest BCUT2D eigenvalue weighted by Crippen LogP contribution is -2.35. The Morgan fingerprint density at radius 2 is 1.71 bits per heavy atom. The number of carbonyl (C=O) groups is 1. The third-order valence-corrected chi connectivity index (χ3v) is 3.38. The van der Waals surface area contributed by atoms with E-state index in [9.17, 15) is 4.79 Å². The zero-order valence-electron chi connectivity index (χ0n) is 12.1. The van der Waals surface area contributed by atoms with Gasteiger partial charge in [0.05, 0.1) is 6.42 Å². The molecule has 0 atom stereocenters. The molecule has 0 aliphatic heterocycles. The predicted octanol–water partition coefficient (Wildman–Crippen LogP) is 3.36. The number of nitrogens with one attached hydrogen (secondary N) is 2. The Morgan fingerprint density at radius 1 is 1.05 bits per heavy atom. The van der Waals surface area contributed by atoms with Gasteiger partial charge in [-0.25, -0.2) is 0 Å². The molecule has 0 spiro atoms. The van der Waals surface area contributed by atoms with Gasteiger partial charge in [0.2, 0.25) is 5.91 Å². The Kier molecular flexibility index (Phi) is 5.06. The molecule has 1 amide bonds. The van der Waals surface area contributed by atoms with E-state index in [4.69, 9.17) is 12.2 Å². The summed E-state index contributed by atoms with van der Waals surface area (Å²) in [6, 6.07) is 15.7. The first kappa shape index (κ1) is 15.2. The maximum absolute atomic E-state index is 12.0. The number of carbonyl (C=O) groups excluding carboxylic acids is 1. The maximum Gasteiger partial charge on any atom is 0.230 e. The maximum atomic E-state index is 12.0. The van der Waals surface area contributed by atoms with Gasteiger partial charge in [0.15, 0.2) is 5.11 Å². The molecule has 0 radical (unpaired) electrons. The minimum atomic E-state index is -0.117. The summed E-state index contributed by atoms with van der Waals surface area (Å²) in [7, 11) is 0. The molecule has 0 saturated heterocycles. The van der Waals surface area contributed by atoms with Crippen LogP contribution in [0.3, 0.4) is 0 Å². The Balaban J connectivity index is 1.89. The fraction of sp³-hybridized carbons (Fsp3) is 0.176. The van der Waals surface area contributed by atoms with Crippen molar-refractivity contribution in [1.82, 2.24) is 5.32 Å². The lowest BCUT2D eigenvalue weighted by Gasteiger charge is -2.10. The molecule has 2 aromatic rings. The summed E-state index contributed by atoms with van der Waals surface area (Å²) in [5, 5.41) is 6.02. The lowest BCUT2D eigenvalue weighted by molar-refractivity contribution is -0.119. The molecule has 0 aliphatic carbocycles. The minimum absolute atomic E-state index is 0.117. The standard InChI is InChI=1S/C17H18N2OS/c1-12-7-9-15(10-8-12)18-17(21)19-16(20)11-14-6-4-3-5-13(14)2/h3-10H,11H2,1-2H3,(H2,18,19,20,21). The molecule has 0 aromatic heterocycles. The van der Waals surface area contributed by atoms with Crippen LogP contribution in [0.2, 0.25) is 0 Å². The van der Waals surface area contributed by atoms with E-state index in [1.807, 2.05) is 62.4 Å². The number of aryl methyl sites for hydroxylation is 2. The van der Waals surface area contributed by atoms with Crippen LogP contribution in [0.5, 0.6) is 0 Å². The van der Waals surface area contributed by atoms with Crippen molar-refractivity contribution in [2.45, 2.75) is 20.3 Å². The highest BCUT2D eigenvalue weighted by atomic mass is 32.1. The normalized spacial score (nSPS) is 10.0. The van der Waals surface area contributed by atoms with E-state index < -0.39 is 0 Å². The van der Waals surface area contributed by atoms with Crippen molar-refractivity contribution in [2.75, 3.05) is 5.32 Å². The van der Waals surface area contributed by atoms with Crippen molar-refractivity contribution in [3.8, 4) is 0 Å². The largest absolute Gasteiger partial charge is 0.332 e. The third kappa shape index (κ3) is 4.68. The van der Waals surface area contributed by atoms with Crippen LogP contribution < -0.4 is 10.6 Å². The zero-order chi connectivity index (χ0) is 15.2. The van der Waals surface area contributed by atoms with E-state index in [1.54, 1.807) is 0 Å². The van der Waals surface area contributed by atoms with E-state index in [0.717, 1.165) is 16.8 Å². The van der Waals surface area contributed by atoms with Gasteiger partial charge in [-0.1, -0.05) is 42.0 Å². The van der Waals surface area contributed by atoms with Gasteiger partial charge in [0, 0.05) is 5.69 Å². The number of rotatable bonds is 3. The van der Waals surface area contributed by atoms with Crippen LogP contribution >= 0.6 is 12.2 Å². The molecule has 0 heterocycles. The van der Waals surface area contributed by atoms with Crippen LogP contribution in [-0.4, -0.2) is 11.0 Å². The van der Waals surface area contributed by atoms with Crippen molar-refractivity contribution < 1.29 is 4.79 Å². The van der Waals surface area contributed by atoms with E-state index >= 15 is 0 Å². The molecule has 108 valence electrons. The van der Waals surface area contributed by atoms with Gasteiger partial charge in [-0.2, -0.15) is 0 Å². The predicted molar refractivity (Wildman–Crippen MR) is 90.4 cm³/mol. The number of anilines is 1. The molecular weight excluding hydrogens is 280 g/mol. The average Bonchev–Trinajstić information content (AvgIpc) is 2.44. The van der Waals surface area contributed by atoms with Crippen LogP contribution in [0.4, 0.5) is 5.69 Å². The van der Waals surface area contributed by atoms with Crippen molar-refractivity contribution >= 4 is 28.9 Å². The summed E-state index contributed by atoms with van der Waals surface area (Å²) in [5.41, 5.74) is 4.15. The molecule has 0 aliphatic rings. The van der Waals surface area contributed by atoms with Crippen LogP contribution in [0.25, 0.3) is 0 Å². The summed E-state index contributed by atoms with van der Waals surface area (Å²) >= 11 is 5.15. The van der Waals surface area contributed by atoms with E-state index in [2.05, 4.69) is 10.6 Å². The van der Waals surface area contributed by atoms with Crippen molar-refractivity contribution in [3.63, 3.8) is 0 Å². The van der Waals surface area contributed by atoms with E-state index in [1.165, 1.54) is 5.56 Å². The number of hydrogen-bond donors (Lipinski definition) is 2. The minimum Gasteiger partial charge on any atom is -0.332 e. The van der Waals surface area contributed by atoms with Gasteiger partial charge in [-0.15, -0.1) is 0 Å². The summed E-state index contributed by atoms with van der Waals surface area (Å²) in [5.74, 6) is -0.117. The molecule has 2 N–H and O–H groups in total. The SMILES string of the molecule is Cc1ccc(NC(=S)NC(=O)Cc2ccccc2C)cc1. The Bertz CT molecular complexity index is 650. The Labute approximate surface area is 130 Å². The van der Waals surface area contributed by atoms with Crippen LogP contribution in [-0.2, 0) is 11.2 Å². The Hall–Kier alpha value is -2.20. The fourth-order valence-corrected chi connectivity index (χ4v) is 2.18. The summed E-state index contributed by atoms with van der Waals surface area (Å²) in [6.07, 6.45) is 0.322. The van der Waals surface area contributed by atoms with Crippen LogP contribution in [0.15, 0.2) is 48.5 Å². The monoisotopic (exact) mass is 298 g/mol. The topological polar surface area (TPSA) is 41.1 Å². The molecule has 0 fully saturated rings. The fourth-order valence-electron chi connectivity index (χ4n) is 1.95. The van der Waals surface area contributed by atoms with Crippen LogP contribution in [0, 0.1) is 13.8 Å². The first-order valence-corrected chi connectivity index (χ1v) is 7.17. The second kappa shape index (κ2) is 6.99. The molecule has 2 aromatic carbocycles. The molecule has 3 nitrogen and oxygen atoms in total. The first-order chi connectivity index (χ1) is 10.0. The second-order valence-corrected chi connectivity index (χ2v) is 5.38. The van der Waals surface area contributed by atoms with E-state index in [-0.39, 0.29) is 5.91 Å². The van der Waals surface area contributed by atoms with Crippen LogP contribution in [0.1, 0.15) is 16.7 Å². The Morgan fingerprint density at radius 3 is 2.38 bits per heavy atom. The highest BCUT2D eigenvalue weighted by Gasteiger charge is 2.07. The number of thiocarbonyl (C=S) groups is 1. The zero-order valence-corrected chi connectivity index (χ0v) is 13.0. The van der Waals surface area contributed by atoms with Crippen molar-refractivity contribution in [2.24, 2.45) is 0 Å². The summed E-state index contributed by atoms with van der Waals surface area (Å²) in [6.45, 7) is 4.01. The van der Waals surface area contributed by atoms with Crippen molar-refractivity contribution in [3.05, 3.63) is 65.2 Å². The van der Waals surface area contributed by atoms with Gasteiger partial charge in [0.25, 0.3) is 0 Å². The third-order valence-electron chi connectivity index (χ3n) is 3.17. The highest BCUT2D eigenvalue weighted by Crippen LogP contribution is 2.09. The quantitative estimate of drug-likeness (QED) is 0.854. The first-order valence-electron chi connectivity index (χ1n) is 6.76. The molecule has 0 unspecified atom stereocenters. The number of benzene rings is 2. The van der Waals surface area contributed by atoms with Gasteiger partial charge in [0.1, 0.15) is 0 Å². The van der Waals surface area contributed by atoms with Gasteiger partial charge in [-0.05, 0) is 49.3 Å². The molecule has 0 saturated carbocycles. The van der Waals surface area contributed by atoms with Gasteiger partial charge >= 0.3 is 0 Å². The van der Waals surface area contributed by atoms with Crippen molar-refractivity contribution in [1.29, 1.82) is 0 Å². The number of hydrogen-bond acceptors (Lipinski definition) is 2.